The number of anilines is 1. The highest BCUT2D eigenvalue weighted by molar-refractivity contribution is 5.55. The second-order valence-corrected chi connectivity index (χ2v) is 6.78. The topological polar surface area (TPSA) is 32.3 Å². The molecule has 4 rings (SSSR count). The molecule has 1 atom stereocenters. The van der Waals surface area contributed by atoms with Crippen LogP contribution in [0.15, 0.2) is 42.7 Å². The van der Waals surface area contributed by atoms with Crippen molar-refractivity contribution in [3.05, 3.63) is 59.6 Å². The highest BCUT2D eigenvalue weighted by Gasteiger charge is 2.28. The smallest absolute Gasteiger partial charge is 0.137 e. The van der Waals surface area contributed by atoms with Gasteiger partial charge in [0.15, 0.2) is 0 Å². The van der Waals surface area contributed by atoms with Crippen molar-refractivity contribution in [1.82, 2.24) is 14.9 Å². The molecule has 1 fully saturated rings. The molecule has 0 bridgehead atoms. The van der Waals surface area contributed by atoms with Gasteiger partial charge in [-0.15, -0.1) is 0 Å². The Morgan fingerprint density at radius 3 is 2.88 bits per heavy atom. The lowest BCUT2D eigenvalue weighted by molar-refractivity contribution is 0.309. The summed E-state index contributed by atoms with van der Waals surface area (Å²) in [5.74, 6) is 1.15. The maximum absolute atomic E-state index is 4.67. The van der Waals surface area contributed by atoms with Gasteiger partial charge in [0, 0.05) is 37.7 Å². The molecule has 4 heteroatoms. The van der Waals surface area contributed by atoms with Gasteiger partial charge in [-0.2, -0.15) is 0 Å². The molecule has 4 nitrogen and oxygen atoms in total. The van der Waals surface area contributed by atoms with E-state index in [2.05, 4.69) is 69.3 Å². The summed E-state index contributed by atoms with van der Waals surface area (Å²) in [6.45, 7) is 3.12. The molecule has 0 radical (unpaired) electrons. The third-order valence-electron chi connectivity index (χ3n) is 5.05. The van der Waals surface area contributed by atoms with Crippen LogP contribution < -0.4 is 4.90 Å². The normalized spacial score (nSPS) is 21.4. The van der Waals surface area contributed by atoms with Crippen LogP contribution in [0.3, 0.4) is 0 Å². The van der Waals surface area contributed by atoms with Crippen LogP contribution in [-0.2, 0) is 13.0 Å². The Balaban J connectivity index is 1.61. The molecule has 3 heterocycles. The van der Waals surface area contributed by atoms with Crippen LogP contribution in [0.1, 0.15) is 29.7 Å². The van der Waals surface area contributed by atoms with E-state index < -0.39 is 0 Å². The Kier molecular flexibility index (Phi) is 4.30. The number of hydrogen-bond donors (Lipinski definition) is 0. The molecule has 2 aliphatic rings. The molecule has 1 aromatic carbocycles. The second kappa shape index (κ2) is 6.73. The summed E-state index contributed by atoms with van der Waals surface area (Å²) in [6, 6.07) is 11.0. The van der Waals surface area contributed by atoms with E-state index in [1.165, 1.54) is 29.7 Å². The van der Waals surface area contributed by atoms with Gasteiger partial charge in [0.05, 0.1) is 5.69 Å². The van der Waals surface area contributed by atoms with Gasteiger partial charge in [0.2, 0.25) is 0 Å². The molecule has 0 spiro atoms. The Morgan fingerprint density at radius 1 is 1.12 bits per heavy atom. The van der Waals surface area contributed by atoms with Crippen LogP contribution >= 0.6 is 0 Å². The van der Waals surface area contributed by atoms with Crippen LogP contribution in [-0.4, -0.2) is 41.0 Å². The minimum absolute atomic E-state index is 0.427. The molecule has 1 unspecified atom stereocenters. The monoisotopic (exact) mass is 320 g/mol. The number of fused-ring (bicyclic) bond motifs is 1. The molecule has 0 N–H and O–H groups in total. The van der Waals surface area contributed by atoms with Gasteiger partial charge in [-0.25, -0.2) is 9.97 Å². The van der Waals surface area contributed by atoms with Crippen molar-refractivity contribution < 1.29 is 0 Å². The zero-order valence-electron chi connectivity index (χ0n) is 14.2. The average molecular weight is 320 g/mol. The van der Waals surface area contributed by atoms with Crippen molar-refractivity contribution in [2.45, 2.75) is 31.8 Å². The first-order chi connectivity index (χ1) is 11.8. The Morgan fingerprint density at radius 2 is 2.00 bits per heavy atom. The van der Waals surface area contributed by atoms with Crippen molar-refractivity contribution in [3.63, 3.8) is 0 Å². The molecule has 124 valence electrons. The summed E-state index contributed by atoms with van der Waals surface area (Å²) < 4.78 is 0. The van der Waals surface area contributed by atoms with Gasteiger partial charge in [0.1, 0.15) is 12.1 Å². The fourth-order valence-corrected chi connectivity index (χ4v) is 3.75. The third-order valence-corrected chi connectivity index (χ3v) is 5.05. The Bertz CT molecular complexity index is 726. The summed E-state index contributed by atoms with van der Waals surface area (Å²) in [7, 11) is 2.18. The molecule has 1 saturated heterocycles. The van der Waals surface area contributed by atoms with Crippen molar-refractivity contribution in [2.24, 2.45) is 0 Å². The Labute approximate surface area is 143 Å². The van der Waals surface area contributed by atoms with E-state index in [1.807, 2.05) is 0 Å². The van der Waals surface area contributed by atoms with E-state index >= 15 is 0 Å². The van der Waals surface area contributed by atoms with Crippen LogP contribution in [0.5, 0.6) is 0 Å². The van der Waals surface area contributed by atoms with E-state index in [0.717, 1.165) is 31.9 Å². The van der Waals surface area contributed by atoms with Gasteiger partial charge >= 0.3 is 0 Å². The molecule has 0 saturated carbocycles. The van der Waals surface area contributed by atoms with Crippen molar-refractivity contribution in [3.8, 4) is 0 Å². The lowest BCUT2D eigenvalue weighted by Crippen LogP contribution is -2.34. The number of aromatic nitrogens is 2. The number of rotatable bonds is 3. The SMILES string of the molecule is CN1CCc2ncnc(N3CCCC3/C=C/c3ccccc3)c2C1. The minimum Gasteiger partial charge on any atom is -0.350 e. The maximum atomic E-state index is 4.67. The van der Waals surface area contributed by atoms with Crippen LogP contribution in [0, 0.1) is 0 Å². The zero-order chi connectivity index (χ0) is 16.4. The standard InChI is InChI=1S/C20H24N4/c1-23-13-11-19-18(14-23)20(22-15-21-19)24-12-5-8-17(24)10-9-16-6-3-2-4-7-16/h2-4,6-7,9-10,15,17H,5,8,11-14H2,1H3/b10-9+. The van der Waals surface area contributed by atoms with E-state index in [1.54, 1.807) is 6.33 Å². The van der Waals surface area contributed by atoms with E-state index in [4.69, 9.17) is 0 Å². The lowest BCUT2D eigenvalue weighted by Gasteiger charge is -2.31. The third kappa shape index (κ3) is 3.06. The highest BCUT2D eigenvalue weighted by Crippen LogP contribution is 2.31. The minimum atomic E-state index is 0.427. The summed E-state index contributed by atoms with van der Waals surface area (Å²) in [6.07, 6.45) is 9.76. The van der Waals surface area contributed by atoms with Crippen molar-refractivity contribution in [1.29, 1.82) is 0 Å². The fraction of sp³-hybridized carbons (Fsp3) is 0.400. The van der Waals surface area contributed by atoms with Crippen LogP contribution in [0.2, 0.25) is 0 Å². The molecular formula is C20H24N4. The fourth-order valence-electron chi connectivity index (χ4n) is 3.75. The molecule has 0 amide bonds. The molecular weight excluding hydrogens is 296 g/mol. The van der Waals surface area contributed by atoms with Gasteiger partial charge in [-0.1, -0.05) is 42.5 Å². The summed E-state index contributed by atoms with van der Waals surface area (Å²) >= 11 is 0. The summed E-state index contributed by atoms with van der Waals surface area (Å²) in [5, 5.41) is 0. The summed E-state index contributed by atoms with van der Waals surface area (Å²) in [5.41, 5.74) is 3.82. The van der Waals surface area contributed by atoms with Crippen molar-refractivity contribution >= 4 is 11.9 Å². The van der Waals surface area contributed by atoms with Crippen molar-refractivity contribution in [2.75, 3.05) is 25.0 Å². The van der Waals surface area contributed by atoms with E-state index in [-0.39, 0.29) is 0 Å². The first-order valence-corrected chi connectivity index (χ1v) is 8.82. The molecule has 0 aliphatic carbocycles. The Hall–Kier alpha value is -2.20. The zero-order valence-corrected chi connectivity index (χ0v) is 14.2. The van der Waals surface area contributed by atoms with Gasteiger partial charge in [-0.3, -0.25) is 0 Å². The van der Waals surface area contributed by atoms with Crippen LogP contribution in [0.4, 0.5) is 5.82 Å². The van der Waals surface area contributed by atoms with E-state index in [9.17, 15) is 0 Å². The molecule has 2 aliphatic heterocycles. The number of likely N-dealkylation sites (N-methyl/N-ethyl adjacent to an activating group) is 1. The quantitative estimate of drug-likeness (QED) is 0.870. The number of hydrogen-bond acceptors (Lipinski definition) is 4. The first kappa shape index (κ1) is 15.3. The maximum Gasteiger partial charge on any atom is 0.137 e. The highest BCUT2D eigenvalue weighted by atomic mass is 15.2. The molecule has 1 aromatic heterocycles. The largest absolute Gasteiger partial charge is 0.350 e. The second-order valence-electron chi connectivity index (χ2n) is 6.78. The average Bonchev–Trinajstić information content (AvgIpc) is 3.08. The first-order valence-electron chi connectivity index (χ1n) is 8.82. The van der Waals surface area contributed by atoms with Gasteiger partial charge < -0.3 is 9.80 Å². The van der Waals surface area contributed by atoms with E-state index in [0.29, 0.717) is 6.04 Å². The number of benzene rings is 1. The van der Waals surface area contributed by atoms with Gasteiger partial charge in [-0.05, 0) is 25.5 Å². The molecule has 24 heavy (non-hydrogen) atoms. The predicted molar refractivity (Wildman–Crippen MR) is 97.9 cm³/mol. The predicted octanol–water partition coefficient (Wildman–Crippen LogP) is 3.15. The number of nitrogens with zero attached hydrogens (tertiary/aromatic N) is 4. The lowest BCUT2D eigenvalue weighted by atomic mass is 10.1. The summed E-state index contributed by atoms with van der Waals surface area (Å²) in [4.78, 5) is 14.0. The van der Waals surface area contributed by atoms with Gasteiger partial charge in [0.25, 0.3) is 0 Å². The molecule has 2 aromatic rings. The van der Waals surface area contributed by atoms with Crippen LogP contribution in [0.25, 0.3) is 6.08 Å².